The van der Waals surface area contributed by atoms with Gasteiger partial charge < -0.3 is 9.84 Å². The molecule has 0 amide bonds. The largest absolute Gasteiger partial charge is 0.481 e. The van der Waals surface area contributed by atoms with E-state index in [9.17, 15) is 4.79 Å². The maximum Gasteiger partial charge on any atom is 0.305 e. The zero-order chi connectivity index (χ0) is 13.8. The third-order valence-corrected chi connectivity index (χ3v) is 3.51. The Morgan fingerprint density at radius 3 is 2.95 bits per heavy atom. The smallest absolute Gasteiger partial charge is 0.305 e. The van der Waals surface area contributed by atoms with Gasteiger partial charge >= 0.3 is 5.97 Å². The topological polar surface area (TPSA) is 90.1 Å². The van der Waals surface area contributed by atoms with Gasteiger partial charge in [0.15, 0.2) is 5.82 Å². The molecule has 1 heterocycles. The number of hydrogen-bond acceptors (Lipinski definition) is 5. The highest BCUT2D eigenvalue weighted by Crippen LogP contribution is 2.32. The Bertz CT molecular complexity index is 428. The van der Waals surface area contributed by atoms with Gasteiger partial charge in [-0.05, 0) is 43.0 Å². The molecule has 1 aliphatic rings. The predicted molar refractivity (Wildman–Crippen MR) is 66.6 cm³/mol. The fourth-order valence-electron chi connectivity index (χ4n) is 2.50. The van der Waals surface area contributed by atoms with Crippen LogP contribution in [-0.2, 0) is 16.0 Å². The summed E-state index contributed by atoms with van der Waals surface area (Å²) in [5.74, 6) is 0.473. The Labute approximate surface area is 111 Å². The van der Waals surface area contributed by atoms with Crippen LogP contribution in [0.1, 0.15) is 45.0 Å². The summed E-state index contributed by atoms with van der Waals surface area (Å²) in [4.78, 5) is 10.7. The fourth-order valence-corrected chi connectivity index (χ4v) is 2.50. The minimum Gasteiger partial charge on any atom is -0.481 e. The van der Waals surface area contributed by atoms with E-state index in [2.05, 4.69) is 15.5 Å². The van der Waals surface area contributed by atoms with Crippen molar-refractivity contribution in [3.8, 4) is 0 Å². The summed E-state index contributed by atoms with van der Waals surface area (Å²) in [6.07, 6.45) is 3.27. The molecule has 7 heteroatoms. The SMILES string of the molecule is CCOC1CC(Cc2nnnn2C(C)CC(=O)O)C1. The Morgan fingerprint density at radius 1 is 1.58 bits per heavy atom. The average Bonchev–Trinajstić information content (AvgIpc) is 2.73. The van der Waals surface area contributed by atoms with Crippen molar-refractivity contribution in [1.82, 2.24) is 20.2 Å². The standard InChI is InChI=1S/C12H20N4O3/c1-3-19-10-5-9(6-10)7-11-13-14-15-16(11)8(2)4-12(17)18/h8-10H,3-7H2,1-2H3,(H,17,18). The monoisotopic (exact) mass is 268 g/mol. The Kier molecular flexibility index (Phi) is 4.47. The number of rotatable bonds is 7. The number of nitrogens with zero attached hydrogens (tertiary/aromatic N) is 4. The van der Waals surface area contributed by atoms with Crippen molar-refractivity contribution in [2.45, 2.75) is 51.7 Å². The molecule has 0 spiro atoms. The van der Waals surface area contributed by atoms with Crippen molar-refractivity contribution in [1.29, 1.82) is 0 Å². The molecule has 1 unspecified atom stereocenters. The van der Waals surface area contributed by atoms with Crippen molar-refractivity contribution in [3.05, 3.63) is 5.82 Å². The van der Waals surface area contributed by atoms with Crippen LogP contribution in [0, 0.1) is 5.92 Å². The molecule has 0 bridgehead atoms. The van der Waals surface area contributed by atoms with E-state index in [1.54, 1.807) is 4.68 Å². The Balaban J connectivity index is 1.88. The van der Waals surface area contributed by atoms with Crippen molar-refractivity contribution in [2.75, 3.05) is 6.61 Å². The van der Waals surface area contributed by atoms with Gasteiger partial charge in [-0.1, -0.05) is 0 Å². The van der Waals surface area contributed by atoms with Gasteiger partial charge in [0, 0.05) is 13.0 Å². The third-order valence-electron chi connectivity index (χ3n) is 3.51. The molecule has 106 valence electrons. The second kappa shape index (κ2) is 6.10. The van der Waals surface area contributed by atoms with Crippen molar-refractivity contribution < 1.29 is 14.6 Å². The normalized spacial score (nSPS) is 23.9. The van der Waals surface area contributed by atoms with Gasteiger partial charge in [-0.25, -0.2) is 4.68 Å². The Morgan fingerprint density at radius 2 is 2.32 bits per heavy atom. The second-order valence-electron chi connectivity index (χ2n) is 5.11. The molecule has 1 atom stereocenters. The maximum absolute atomic E-state index is 10.7. The van der Waals surface area contributed by atoms with Crippen LogP contribution < -0.4 is 0 Å². The number of tetrazole rings is 1. The van der Waals surface area contributed by atoms with Gasteiger partial charge in [0.05, 0.1) is 18.6 Å². The highest BCUT2D eigenvalue weighted by Gasteiger charge is 2.31. The lowest BCUT2D eigenvalue weighted by atomic mass is 9.80. The first kappa shape index (κ1) is 13.9. The zero-order valence-electron chi connectivity index (χ0n) is 11.3. The number of aromatic nitrogens is 4. The molecule has 0 aliphatic heterocycles. The number of carbonyl (C=O) groups is 1. The van der Waals surface area contributed by atoms with Crippen LogP contribution in [0.4, 0.5) is 0 Å². The lowest BCUT2D eigenvalue weighted by Gasteiger charge is -2.34. The molecule has 1 saturated carbocycles. The van der Waals surface area contributed by atoms with Gasteiger partial charge in [-0.2, -0.15) is 0 Å². The summed E-state index contributed by atoms with van der Waals surface area (Å²) in [7, 11) is 0. The van der Waals surface area contributed by atoms with Crippen molar-refractivity contribution >= 4 is 5.97 Å². The number of carboxylic acids is 1. The highest BCUT2D eigenvalue weighted by atomic mass is 16.5. The van der Waals surface area contributed by atoms with Crippen molar-refractivity contribution in [3.63, 3.8) is 0 Å². The van der Waals surface area contributed by atoms with E-state index < -0.39 is 5.97 Å². The number of aliphatic carboxylic acids is 1. The molecule has 1 fully saturated rings. The van der Waals surface area contributed by atoms with Crippen LogP contribution in [0.15, 0.2) is 0 Å². The van der Waals surface area contributed by atoms with E-state index >= 15 is 0 Å². The molecule has 0 aromatic carbocycles. The molecule has 7 nitrogen and oxygen atoms in total. The summed E-state index contributed by atoms with van der Waals surface area (Å²) in [5, 5.41) is 20.4. The second-order valence-corrected chi connectivity index (χ2v) is 5.11. The maximum atomic E-state index is 10.7. The molecule has 0 saturated heterocycles. The van der Waals surface area contributed by atoms with E-state index in [1.165, 1.54) is 0 Å². The van der Waals surface area contributed by atoms with E-state index in [0.29, 0.717) is 12.0 Å². The van der Waals surface area contributed by atoms with E-state index in [-0.39, 0.29) is 12.5 Å². The summed E-state index contributed by atoms with van der Waals surface area (Å²) < 4.78 is 7.15. The first-order chi connectivity index (χ1) is 9.10. The molecule has 1 aromatic rings. The molecule has 1 aromatic heterocycles. The minimum absolute atomic E-state index is 0.0320. The first-order valence-electron chi connectivity index (χ1n) is 6.70. The van der Waals surface area contributed by atoms with Crippen LogP contribution in [0.5, 0.6) is 0 Å². The number of carboxylic acid groups (broad SMARTS) is 1. The minimum atomic E-state index is -0.839. The highest BCUT2D eigenvalue weighted by molar-refractivity contribution is 5.67. The molecular weight excluding hydrogens is 248 g/mol. The van der Waals surface area contributed by atoms with Gasteiger partial charge in [0.1, 0.15) is 0 Å². The first-order valence-corrected chi connectivity index (χ1v) is 6.70. The van der Waals surface area contributed by atoms with Crippen LogP contribution in [-0.4, -0.2) is 44.0 Å². The van der Waals surface area contributed by atoms with Gasteiger partial charge in [-0.15, -0.1) is 5.10 Å². The lowest BCUT2D eigenvalue weighted by Crippen LogP contribution is -2.33. The fraction of sp³-hybridized carbons (Fsp3) is 0.833. The molecule has 2 rings (SSSR count). The summed E-state index contributed by atoms with van der Waals surface area (Å²) in [6.45, 7) is 4.57. The van der Waals surface area contributed by atoms with Gasteiger partial charge in [0.25, 0.3) is 0 Å². The molecule has 1 N–H and O–H groups in total. The van der Waals surface area contributed by atoms with Crippen LogP contribution in [0.2, 0.25) is 0 Å². The number of ether oxygens (including phenoxy) is 1. The molecule has 0 radical (unpaired) electrons. The summed E-state index contributed by atoms with van der Waals surface area (Å²) in [6, 6.07) is -0.217. The van der Waals surface area contributed by atoms with Crippen LogP contribution in [0.25, 0.3) is 0 Å². The van der Waals surface area contributed by atoms with Gasteiger partial charge in [-0.3, -0.25) is 4.79 Å². The van der Waals surface area contributed by atoms with E-state index in [0.717, 1.165) is 31.7 Å². The molecular formula is C12H20N4O3. The zero-order valence-corrected chi connectivity index (χ0v) is 11.3. The number of hydrogen-bond donors (Lipinski definition) is 1. The lowest BCUT2D eigenvalue weighted by molar-refractivity contribution is -0.137. The summed E-state index contributed by atoms with van der Waals surface area (Å²) >= 11 is 0. The van der Waals surface area contributed by atoms with E-state index in [4.69, 9.17) is 9.84 Å². The third kappa shape index (κ3) is 3.50. The average molecular weight is 268 g/mol. The van der Waals surface area contributed by atoms with Crippen LogP contribution in [0.3, 0.4) is 0 Å². The molecule has 1 aliphatic carbocycles. The predicted octanol–water partition coefficient (Wildman–Crippen LogP) is 1.07. The Hall–Kier alpha value is -1.50. The van der Waals surface area contributed by atoms with Crippen LogP contribution >= 0.6 is 0 Å². The summed E-state index contributed by atoms with van der Waals surface area (Å²) in [5.41, 5.74) is 0. The molecule has 19 heavy (non-hydrogen) atoms. The van der Waals surface area contributed by atoms with E-state index in [1.807, 2.05) is 13.8 Å². The quantitative estimate of drug-likeness (QED) is 0.795. The van der Waals surface area contributed by atoms with Gasteiger partial charge in [0.2, 0.25) is 0 Å². The van der Waals surface area contributed by atoms with Crippen molar-refractivity contribution in [2.24, 2.45) is 5.92 Å².